The standard InChI is InChI=1S/C26H25N5OS/c1-17-4-8-22(9-5-17)30-26-27-18(2)16-24(31-26)28-20-10-12-21(13-11-20)29-25(32)19-6-14-23(33-3)15-7-19/h4-16H,1-3H3,(H,29,32)(H2,27,28,30,31). The summed E-state index contributed by atoms with van der Waals surface area (Å²) >= 11 is 1.65. The average Bonchev–Trinajstić information content (AvgIpc) is 2.81. The van der Waals surface area contributed by atoms with Crippen LogP contribution in [0, 0.1) is 13.8 Å². The van der Waals surface area contributed by atoms with Crippen molar-refractivity contribution in [3.63, 3.8) is 0 Å². The molecule has 0 spiro atoms. The summed E-state index contributed by atoms with van der Waals surface area (Å²) in [5.74, 6) is 1.07. The van der Waals surface area contributed by atoms with Gasteiger partial charge < -0.3 is 16.0 Å². The fourth-order valence-corrected chi connectivity index (χ4v) is 3.59. The van der Waals surface area contributed by atoms with Gasteiger partial charge in [-0.05, 0) is 80.8 Å². The largest absolute Gasteiger partial charge is 0.340 e. The lowest BCUT2D eigenvalue weighted by atomic mass is 10.2. The lowest BCUT2D eigenvalue weighted by molar-refractivity contribution is 0.102. The van der Waals surface area contributed by atoms with Crippen LogP contribution >= 0.6 is 11.8 Å². The molecule has 0 radical (unpaired) electrons. The third kappa shape index (κ3) is 6.11. The minimum atomic E-state index is -0.137. The van der Waals surface area contributed by atoms with E-state index >= 15 is 0 Å². The van der Waals surface area contributed by atoms with E-state index in [1.165, 1.54) is 5.56 Å². The highest BCUT2D eigenvalue weighted by atomic mass is 32.2. The topological polar surface area (TPSA) is 78.9 Å². The molecule has 3 aromatic carbocycles. The molecule has 3 N–H and O–H groups in total. The zero-order valence-electron chi connectivity index (χ0n) is 18.7. The quantitative estimate of drug-likeness (QED) is 0.274. The van der Waals surface area contributed by atoms with E-state index in [2.05, 4.69) is 32.8 Å². The summed E-state index contributed by atoms with van der Waals surface area (Å²) in [4.78, 5) is 22.6. The third-order valence-corrected chi connectivity index (χ3v) is 5.67. The Labute approximate surface area is 197 Å². The first-order valence-corrected chi connectivity index (χ1v) is 11.7. The van der Waals surface area contributed by atoms with Gasteiger partial charge in [-0.15, -0.1) is 11.8 Å². The maximum absolute atomic E-state index is 12.5. The lowest BCUT2D eigenvalue weighted by Gasteiger charge is -2.11. The Morgan fingerprint density at radius 3 is 2.03 bits per heavy atom. The highest BCUT2D eigenvalue weighted by Gasteiger charge is 2.07. The first-order valence-electron chi connectivity index (χ1n) is 10.5. The van der Waals surface area contributed by atoms with Gasteiger partial charge in [0.25, 0.3) is 5.91 Å². The van der Waals surface area contributed by atoms with Crippen LogP contribution in [0.4, 0.5) is 28.8 Å². The summed E-state index contributed by atoms with van der Waals surface area (Å²) < 4.78 is 0. The number of nitrogens with zero attached hydrogens (tertiary/aromatic N) is 2. The van der Waals surface area contributed by atoms with Gasteiger partial charge in [-0.1, -0.05) is 17.7 Å². The molecule has 1 aromatic heterocycles. The molecule has 1 amide bonds. The number of hydrogen-bond donors (Lipinski definition) is 3. The van der Waals surface area contributed by atoms with E-state index in [0.29, 0.717) is 17.3 Å². The van der Waals surface area contributed by atoms with Crippen molar-refractivity contribution in [3.05, 3.63) is 95.7 Å². The SMILES string of the molecule is CSc1ccc(C(=O)Nc2ccc(Nc3cc(C)nc(Nc4ccc(C)cc4)n3)cc2)cc1. The number of amides is 1. The fraction of sp³-hybridized carbons (Fsp3) is 0.115. The highest BCUT2D eigenvalue weighted by molar-refractivity contribution is 7.98. The van der Waals surface area contributed by atoms with E-state index in [9.17, 15) is 4.79 Å². The minimum Gasteiger partial charge on any atom is -0.340 e. The molecule has 1 heterocycles. The van der Waals surface area contributed by atoms with Crippen molar-refractivity contribution in [1.29, 1.82) is 0 Å². The smallest absolute Gasteiger partial charge is 0.255 e. The fourth-order valence-electron chi connectivity index (χ4n) is 3.18. The minimum absolute atomic E-state index is 0.137. The Balaban J connectivity index is 1.41. The van der Waals surface area contributed by atoms with E-state index in [-0.39, 0.29) is 5.91 Å². The maximum Gasteiger partial charge on any atom is 0.255 e. The summed E-state index contributed by atoms with van der Waals surface area (Å²) in [6, 6.07) is 25.0. The monoisotopic (exact) mass is 455 g/mol. The van der Waals surface area contributed by atoms with Gasteiger partial charge >= 0.3 is 0 Å². The zero-order chi connectivity index (χ0) is 23.2. The molecule has 0 aliphatic rings. The molecular weight excluding hydrogens is 430 g/mol. The Bertz CT molecular complexity index is 1240. The summed E-state index contributed by atoms with van der Waals surface area (Å²) in [6.45, 7) is 3.98. The van der Waals surface area contributed by atoms with Gasteiger partial charge in [0.05, 0.1) is 0 Å². The number of nitrogens with one attached hydrogen (secondary N) is 3. The van der Waals surface area contributed by atoms with Gasteiger partial charge in [0, 0.05) is 39.3 Å². The first-order chi connectivity index (χ1) is 16.0. The maximum atomic E-state index is 12.5. The van der Waals surface area contributed by atoms with Crippen LogP contribution in [-0.4, -0.2) is 22.1 Å². The number of thioether (sulfide) groups is 1. The lowest BCUT2D eigenvalue weighted by Crippen LogP contribution is -2.11. The number of carbonyl (C=O) groups is 1. The van der Waals surface area contributed by atoms with Gasteiger partial charge in [-0.25, -0.2) is 4.98 Å². The Morgan fingerprint density at radius 1 is 0.758 bits per heavy atom. The Hall–Kier alpha value is -3.84. The molecule has 0 aliphatic heterocycles. The summed E-state index contributed by atoms with van der Waals surface area (Å²) in [6.07, 6.45) is 2.01. The molecule has 0 fully saturated rings. The first kappa shape index (κ1) is 22.4. The van der Waals surface area contributed by atoms with Crippen LogP contribution in [0.3, 0.4) is 0 Å². The van der Waals surface area contributed by atoms with Crippen molar-refractivity contribution in [2.45, 2.75) is 18.7 Å². The summed E-state index contributed by atoms with van der Waals surface area (Å²) in [7, 11) is 0. The molecule has 6 nitrogen and oxygen atoms in total. The van der Waals surface area contributed by atoms with Gasteiger partial charge in [-0.2, -0.15) is 4.98 Å². The van der Waals surface area contributed by atoms with Crippen molar-refractivity contribution in [2.75, 3.05) is 22.2 Å². The number of benzene rings is 3. The van der Waals surface area contributed by atoms with E-state index in [1.807, 2.05) is 92.0 Å². The number of rotatable bonds is 7. The van der Waals surface area contributed by atoms with Crippen LogP contribution < -0.4 is 16.0 Å². The molecule has 0 aliphatic carbocycles. The molecule has 33 heavy (non-hydrogen) atoms. The van der Waals surface area contributed by atoms with Crippen LogP contribution in [0.5, 0.6) is 0 Å². The normalized spacial score (nSPS) is 10.5. The second-order valence-electron chi connectivity index (χ2n) is 7.59. The van der Waals surface area contributed by atoms with Crippen molar-refractivity contribution in [1.82, 2.24) is 9.97 Å². The second kappa shape index (κ2) is 10.2. The second-order valence-corrected chi connectivity index (χ2v) is 8.47. The van der Waals surface area contributed by atoms with Crippen LogP contribution in [0.15, 0.2) is 83.8 Å². The number of anilines is 5. The predicted octanol–water partition coefficient (Wildman–Crippen LogP) is 6.55. The van der Waals surface area contributed by atoms with Gasteiger partial charge in [-0.3, -0.25) is 4.79 Å². The predicted molar refractivity (Wildman–Crippen MR) is 137 cm³/mol. The summed E-state index contributed by atoms with van der Waals surface area (Å²) in [5, 5.41) is 9.47. The van der Waals surface area contributed by atoms with Gasteiger partial charge in [0.2, 0.25) is 5.95 Å². The van der Waals surface area contributed by atoms with Crippen LogP contribution in [0.2, 0.25) is 0 Å². The molecule has 166 valence electrons. The number of carbonyl (C=O) groups excluding carboxylic acids is 1. The highest BCUT2D eigenvalue weighted by Crippen LogP contribution is 2.22. The van der Waals surface area contributed by atoms with Crippen molar-refractivity contribution >= 4 is 46.5 Å². The molecule has 0 unspecified atom stereocenters. The van der Waals surface area contributed by atoms with E-state index in [0.717, 1.165) is 27.7 Å². The molecule has 0 saturated carbocycles. The van der Waals surface area contributed by atoms with Crippen LogP contribution in [-0.2, 0) is 0 Å². The molecular formula is C26H25N5OS. The molecule has 7 heteroatoms. The van der Waals surface area contributed by atoms with Crippen molar-refractivity contribution in [2.24, 2.45) is 0 Å². The van der Waals surface area contributed by atoms with Crippen LogP contribution in [0.25, 0.3) is 0 Å². The molecule has 0 saturated heterocycles. The Morgan fingerprint density at radius 2 is 1.36 bits per heavy atom. The van der Waals surface area contributed by atoms with Gasteiger partial charge in [0.1, 0.15) is 5.82 Å². The van der Waals surface area contributed by atoms with Crippen LogP contribution in [0.1, 0.15) is 21.6 Å². The van der Waals surface area contributed by atoms with E-state index < -0.39 is 0 Å². The molecule has 4 aromatic rings. The summed E-state index contributed by atoms with van der Waals surface area (Å²) in [5.41, 5.74) is 5.18. The van der Waals surface area contributed by atoms with E-state index in [1.54, 1.807) is 11.8 Å². The number of aryl methyl sites for hydroxylation is 2. The number of hydrogen-bond acceptors (Lipinski definition) is 6. The van der Waals surface area contributed by atoms with Crippen molar-refractivity contribution in [3.8, 4) is 0 Å². The third-order valence-electron chi connectivity index (χ3n) is 4.93. The zero-order valence-corrected chi connectivity index (χ0v) is 19.5. The average molecular weight is 456 g/mol. The molecule has 0 bridgehead atoms. The number of aromatic nitrogens is 2. The molecule has 4 rings (SSSR count). The molecule has 0 atom stereocenters. The van der Waals surface area contributed by atoms with E-state index in [4.69, 9.17) is 0 Å². The Kier molecular flexibility index (Phi) is 6.90. The van der Waals surface area contributed by atoms with Crippen molar-refractivity contribution < 1.29 is 4.79 Å². The van der Waals surface area contributed by atoms with Gasteiger partial charge in [0.15, 0.2) is 0 Å².